The van der Waals surface area contributed by atoms with Gasteiger partial charge < -0.3 is 4.74 Å². The Kier molecular flexibility index (Phi) is 7.02. The van der Waals surface area contributed by atoms with Crippen LogP contribution in [0.25, 0.3) is 0 Å². The van der Waals surface area contributed by atoms with Gasteiger partial charge in [0.05, 0.1) is 0 Å². The summed E-state index contributed by atoms with van der Waals surface area (Å²) >= 11 is 0. The molecular formula is C24H23F5O. The summed E-state index contributed by atoms with van der Waals surface area (Å²) in [7, 11) is 0. The summed E-state index contributed by atoms with van der Waals surface area (Å²) in [5.41, 5.74) is 1.86. The van der Waals surface area contributed by atoms with Gasteiger partial charge in [0.25, 0.3) is 0 Å². The molecule has 0 bridgehead atoms. The van der Waals surface area contributed by atoms with E-state index in [1.165, 1.54) is 44.1 Å². The smallest absolute Gasteiger partial charge is 0.399 e. The second-order valence-corrected chi connectivity index (χ2v) is 7.70. The van der Waals surface area contributed by atoms with Crippen molar-refractivity contribution < 1.29 is 26.7 Å². The summed E-state index contributed by atoms with van der Waals surface area (Å²) in [6, 6.07) is 9.20. The summed E-state index contributed by atoms with van der Waals surface area (Å²) in [5.74, 6) is 2.37. The Balaban J connectivity index is 1.67. The minimum Gasteiger partial charge on any atom is -0.399 e. The van der Waals surface area contributed by atoms with Gasteiger partial charge in [-0.25, -0.2) is 8.78 Å². The van der Waals surface area contributed by atoms with Crippen LogP contribution in [0.5, 0.6) is 5.75 Å². The molecule has 2 aromatic rings. The van der Waals surface area contributed by atoms with Crippen molar-refractivity contribution in [3.63, 3.8) is 0 Å². The molecule has 1 aliphatic carbocycles. The lowest BCUT2D eigenvalue weighted by Crippen LogP contribution is -2.19. The number of alkyl halides is 3. The Morgan fingerprint density at radius 2 is 1.47 bits per heavy atom. The van der Waals surface area contributed by atoms with Gasteiger partial charge in [0.2, 0.25) is 5.75 Å². The van der Waals surface area contributed by atoms with Gasteiger partial charge in [0, 0.05) is 11.1 Å². The van der Waals surface area contributed by atoms with E-state index in [4.69, 9.17) is 0 Å². The highest BCUT2D eigenvalue weighted by Crippen LogP contribution is 2.37. The molecule has 1 fully saturated rings. The Morgan fingerprint density at radius 3 is 2.00 bits per heavy atom. The SMILES string of the molecule is CCCC1CCC(c2ccc(C#Cc3cc(F)c(OC(F)(F)F)c(F)c3)cc2)CC1. The molecule has 1 saturated carbocycles. The minimum atomic E-state index is -5.17. The topological polar surface area (TPSA) is 9.23 Å². The van der Waals surface area contributed by atoms with Gasteiger partial charge in [0.15, 0.2) is 11.6 Å². The minimum absolute atomic E-state index is 0.0714. The number of halogens is 5. The van der Waals surface area contributed by atoms with Gasteiger partial charge >= 0.3 is 6.36 Å². The molecule has 160 valence electrons. The first-order valence-electron chi connectivity index (χ1n) is 10.1. The van der Waals surface area contributed by atoms with Crippen LogP contribution < -0.4 is 4.74 Å². The normalized spacial score (nSPS) is 19.1. The molecule has 0 spiro atoms. The van der Waals surface area contributed by atoms with E-state index in [-0.39, 0.29) is 5.56 Å². The Bertz CT molecular complexity index is 890. The van der Waals surface area contributed by atoms with Crippen molar-refractivity contribution in [1.82, 2.24) is 0 Å². The lowest BCUT2D eigenvalue weighted by molar-refractivity contribution is -0.276. The van der Waals surface area contributed by atoms with Crippen LogP contribution in [0.4, 0.5) is 22.0 Å². The van der Waals surface area contributed by atoms with E-state index in [1.54, 1.807) is 0 Å². The highest BCUT2D eigenvalue weighted by atomic mass is 19.4. The van der Waals surface area contributed by atoms with Crippen molar-refractivity contribution in [3.05, 3.63) is 64.7 Å². The van der Waals surface area contributed by atoms with E-state index in [1.807, 2.05) is 24.3 Å². The molecule has 0 aromatic heterocycles. The fourth-order valence-electron chi connectivity index (χ4n) is 4.02. The van der Waals surface area contributed by atoms with E-state index in [0.717, 1.165) is 18.1 Å². The third-order valence-electron chi connectivity index (χ3n) is 5.49. The molecule has 0 amide bonds. The van der Waals surface area contributed by atoms with Crippen LogP contribution in [-0.2, 0) is 0 Å². The molecule has 0 atom stereocenters. The lowest BCUT2D eigenvalue weighted by Gasteiger charge is -2.28. The fraction of sp³-hybridized carbons (Fsp3) is 0.417. The summed E-state index contributed by atoms with van der Waals surface area (Å²) in [4.78, 5) is 0. The summed E-state index contributed by atoms with van der Waals surface area (Å²) < 4.78 is 67.5. The molecule has 1 nitrogen and oxygen atoms in total. The number of hydrogen-bond acceptors (Lipinski definition) is 1. The molecule has 0 unspecified atom stereocenters. The van der Waals surface area contributed by atoms with Crippen LogP contribution in [0.15, 0.2) is 36.4 Å². The van der Waals surface area contributed by atoms with Crippen LogP contribution in [0.1, 0.15) is 68.1 Å². The third-order valence-corrected chi connectivity index (χ3v) is 5.49. The maximum absolute atomic E-state index is 13.8. The maximum Gasteiger partial charge on any atom is 0.573 e. The van der Waals surface area contributed by atoms with Crippen LogP contribution in [0.3, 0.4) is 0 Å². The predicted molar refractivity (Wildman–Crippen MR) is 105 cm³/mol. The number of benzene rings is 2. The zero-order chi connectivity index (χ0) is 21.7. The van der Waals surface area contributed by atoms with Gasteiger partial charge in [0.1, 0.15) is 0 Å². The van der Waals surface area contributed by atoms with Gasteiger partial charge in [-0.05, 0) is 67.3 Å². The van der Waals surface area contributed by atoms with E-state index in [9.17, 15) is 22.0 Å². The Labute approximate surface area is 173 Å². The molecule has 6 heteroatoms. The third kappa shape index (κ3) is 5.98. The Morgan fingerprint density at radius 1 is 0.900 bits per heavy atom. The van der Waals surface area contributed by atoms with Gasteiger partial charge in [-0.1, -0.05) is 43.7 Å². The molecule has 0 heterocycles. The molecule has 0 radical (unpaired) electrons. The maximum atomic E-state index is 13.8. The molecule has 0 aliphatic heterocycles. The highest BCUT2D eigenvalue weighted by molar-refractivity contribution is 5.46. The predicted octanol–water partition coefficient (Wildman–Crippen LogP) is 7.34. The molecule has 3 rings (SSSR count). The summed E-state index contributed by atoms with van der Waals surface area (Å²) in [5, 5.41) is 0. The van der Waals surface area contributed by atoms with Crippen molar-refractivity contribution in [2.75, 3.05) is 0 Å². The first-order valence-corrected chi connectivity index (χ1v) is 10.1. The molecule has 1 aliphatic rings. The van der Waals surface area contributed by atoms with Crippen LogP contribution in [0.2, 0.25) is 0 Å². The molecule has 30 heavy (non-hydrogen) atoms. The molecular weight excluding hydrogens is 399 g/mol. The van der Waals surface area contributed by atoms with Gasteiger partial charge in [-0.15, -0.1) is 13.2 Å². The monoisotopic (exact) mass is 422 g/mol. The van der Waals surface area contributed by atoms with Crippen molar-refractivity contribution in [3.8, 4) is 17.6 Å². The van der Waals surface area contributed by atoms with Crippen LogP contribution in [0, 0.1) is 29.4 Å². The summed E-state index contributed by atoms with van der Waals surface area (Å²) in [6.07, 6.45) is 2.23. The molecule has 0 saturated heterocycles. The second kappa shape index (κ2) is 9.51. The summed E-state index contributed by atoms with van der Waals surface area (Å²) in [6.45, 7) is 2.22. The van der Waals surface area contributed by atoms with Crippen LogP contribution >= 0.6 is 0 Å². The zero-order valence-electron chi connectivity index (χ0n) is 16.7. The zero-order valence-corrected chi connectivity index (χ0v) is 16.7. The first kappa shape index (κ1) is 22.1. The van der Waals surface area contributed by atoms with Crippen LogP contribution in [-0.4, -0.2) is 6.36 Å². The number of rotatable bonds is 4. The highest BCUT2D eigenvalue weighted by Gasteiger charge is 2.34. The number of ether oxygens (including phenoxy) is 1. The number of hydrogen-bond donors (Lipinski definition) is 0. The van der Waals surface area contributed by atoms with E-state index >= 15 is 0 Å². The standard InChI is InChI=1S/C24H23F5O/c1-2-3-16-6-10-19(11-7-16)20-12-8-17(9-13-20)4-5-18-14-21(25)23(22(26)15-18)30-24(27,28)29/h8-9,12-16,19H,2-3,6-7,10-11H2,1H3. The first-order chi connectivity index (χ1) is 14.2. The quantitative estimate of drug-likeness (QED) is 0.370. The van der Waals surface area contributed by atoms with Crippen molar-refractivity contribution in [1.29, 1.82) is 0 Å². The van der Waals surface area contributed by atoms with Gasteiger partial charge in [-0.3, -0.25) is 0 Å². The van der Waals surface area contributed by atoms with E-state index in [2.05, 4.69) is 23.5 Å². The average Bonchev–Trinajstić information content (AvgIpc) is 2.70. The van der Waals surface area contributed by atoms with Gasteiger partial charge in [-0.2, -0.15) is 0 Å². The second-order valence-electron chi connectivity index (χ2n) is 7.70. The molecule has 0 N–H and O–H groups in total. The molecule has 2 aromatic carbocycles. The fourth-order valence-corrected chi connectivity index (χ4v) is 4.02. The average molecular weight is 422 g/mol. The van der Waals surface area contributed by atoms with Crippen molar-refractivity contribution >= 4 is 0 Å². The van der Waals surface area contributed by atoms with E-state index < -0.39 is 23.7 Å². The van der Waals surface area contributed by atoms with E-state index in [0.29, 0.717) is 11.5 Å². The largest absolute Gasteiger partial charge is 0.573 e. The van der Waals surface area contributed by atoms with Crippen molar-refractivity contribution in [2.24, 2.45) is 5.92 Å². The lowest BCUT2D eigenvalue weighted by atomic mass is 9.77. The van der Waals surface area contributed by atoms with Crippen molar-refractivity contribution in [2.45, 2.75) is 57.7 Å². The Hall–Kier alpha value is -2.55.